The van der Waals surface area contributed by atoms with Crippen molar-refractivity contribution < 1.29 is 9.53 Å². The molecule has 1 aromatic rings. The van der Waals surface area contributed by atoms with Gasteiger partial charge in [-0.15, -0.1) is 0 Å². The second-order valence-electron chi connectivity index (χ2n) is 4.50. The van der Waals surface area contributed by atoms with Gasteiger partial charge in [0, 0.05) is 25.4 Å². The van der Waals surface area contributed by atoms with Gasteiger partial charge in [-0.1, -0.05) is 13.8 Å². The van der Waals surface area contributed by atoms with Gasteiger partial charge in [0.15, 0.2) is 0 Å². The maximum absolute atomic E-state index is 11.9. The first-order chi connectivity index (χ1) is 9.22. The number of esters is 1. The molecule has 1 aromatic heterocycles. The van der Waals surface area contributed by atoms with Crippen LogP contribution in [-0.2, 0) is 22.5 Å². The third-order valence-electron chi connectivity index (χ3n) is 2.87. The molecule has 0 spiro atoms. The van der Waals surface area contributed by atoms with Crippen LogP contribution in [0.25, 0.3) is 0 Å². The van der Waals surface area contributed by atoms with Crippen LogP contribution < -0.4 is 5.32 Å². The zero-order chi connectivity index (χ0) is 14.1. The average molecular weight is 267 g/mol. The Morgan fingerprint density at radius 2 is 2.21 bits per heavy atom. The highest BCUT2D eigenvalue weighted by Crippen LogP contribution is 2.04. The highest BCUT2D eigenvalue weighted by atomic mass is 16.5. The highest BCUT2D eigenvalue weighted by Gasteiger charge is 2.20. The molecule has 0 saturated heterocycles. The number of ether oxygens (including phenoxy) is 1. The van der Waals surface area contributed by atoms with Gasteiger partial charge in [0.05, 0.1) is 6.61 Å². The fraction of sp³-hybridized carbons (Fsp3) is 0.714. The van der Waals surface area contributed by atoms with Gasteiger partial charge in [-0.25, -0.2) is 4.98 Å². The zero-order valence-electron chi connectivity index (χ0n) is 12.2. The maximum Gasteiger partial charge on any atom is 0.324 e. The van der Waals surface area contributed by atoms with Crippen LogP contribution in [0.3, 0.4) is 0 Å². The number of hydrogen-bond donors (Lipinski definition) is 1. The molecule has 0 radical (unpaired) electrons. The zero-order valence-corrected chi connectivity index (χ0v) is 12.2. The Kier molecular flexibility index (Phi) is 7.18. The van der Waals surface area contributed by atoms with Crippen LogP contribution >= 0.6 is 0 Å². The highest BCUT2D eigenvalue weighted by molar-refractivity contribution is 5.75. The van der Waals surface area contributed by atoms with Crippen molar-refractivity contribution >= 4 is 5.97 Å². The van der Waals surface area contributed by atoms with Gasteiger partial charge in [0.25, 0.3) is 0 Å². The summed E-state index contributed by atoms with van der Waals surface area (Å²) in [5.41, 5.74) is 0. The number of nitrogens with one attached hydrogen (secondary N) is 1. The Hall–Kier alpha value is -1.36. The van der Waals surface area contributed by atoms with Gasteiger partial charge in [0.1, 0.15) is 11.9 Å². The minimum Gasteiger partial charge on any atom is -0.465 e. The van der Waals surface area contributed by atoms with Crippen molar-refractivity contribution in [3.05, 3.63) is 18.2 Å². The lowest BCUT2D eigenvalue weighted by Gasteiger charge is -2.18. The van der Waals surface area contributed by atoms with Crippen LogP contribution in [0.4, 0.5) is 0 Å². The van der Waals surface area contributed by atoms with Crippen molar-refractivity contribution in [3.8, 4) is 0 Å². The van der Waals surface area contributed by atoms with E-state index in [9.17, 15) is 4.79 Å². The molecule has 0 aromatic carbocycles. The van der Waals surface area contributed by atoms with E-state index in [2.05, 4.69) is 24.1 Å². The third-order valence-corrected chi connectivity index (χ3v) is 2.87. The fourth-order valence-electron chi connectivity index (χ4n) is 1.94. The van der Waals surface area contributed by atoms with E-state index in [1.165, 1.54) is 0 Å². The number of aryl methyl sites for hydroxylation is 1. The number of aromatic nitrogens is 2. The maximum atomic E-state index is 11.9. The molecule has 5 nitrogen and oxygen atoms in total. The van der Waals surface area contributed by atoms with Crippen molar-refractivity contribution in [1.82, 2.24) is 14.9 Å². The SMILES string of the molecule is CCCNC(Cn1ccnc1CCC)C(=O)OCC. The minimum atomic E-state index is -0.301. The summed E-state index contributed by atoms with van der Waals surface area (Å²) in [6.07, 6.45) is 6.67. The Bertz CT molecular complexity index is 377. The Morgan fingerprint density at radius 1 is 1.42 bits per heavy atom. The number of imidazole rings is 1. The summed E-state index contributed by atoms with van der Waals surface area (Å²) in [6.45, 7) is 7.82. The predicted octanol–water partition coefficient (Wildman–Crippen LogP) is 1.77. The minimum absolute atomic E-state index is 0.188. The van der Waals surface area contributed by atoms with E-state index in [4.69, 9.17) is 4.74 Å². The van der Waals surface area contributed by atoms with Crippen molar-refractivity contribution in [1.29, 1.82) is 0 Å². The van der Waals surface area contributed by atoms with Gasteiger partial charge in [0.2, 0.25) is 0 Å². The monoisotopic (exact) mass is 267 g/mol. The second kappa shape index (κ2) is 8.69. The standard InChI is InChI=1S/C14H25N3O2/c1-4-7-13-16-9-10-17(13)11-12(15-8-5-2)14(18)19-6-3/h9-10,12,15H,4-8,11H2,1-3H3. The molecule has 0 aliphatic heterocycles. The molecular formula is C14H25N3O2. The van der Waals surface area contributed by atoms with E-state index in [0.717, 1.165) is 31.6 Å². The normalized spacial score (nSPS) is 12.4. The first-order valence-electron chi connectivity index (χ1n) is 7.12. The molecule has 0 fully saturated rings. The molecule has 0 aliphatic rings. The summed E-state index contributed by atoms with van der Waals surface area (Å²) in [5.74, 6) is 0.835. The largest absolute Gasteiger partial charge is 0.465 e. The van der Waals surface area contributed by atoms with Crippen molar-refractivity contribution in [3.63, 3.8) is 0 Å². The quantitative estimate of drug-likeness (QED) is 0.693. The van der Waals surface area contributed by atoms with Gasteiger partial charge < -0.3 is 14.6 Å². The molecular weight excluding hydrogens is 242 g/mol. The summed E-state index contributed by atoms with van der Waals surface area (Å²) in [4.78, 5) is 16.3. The van der Waals surface area contributed by atoms with E-state index in [1.807, 2.05) is 17.7 Å². The van der Waals surface area contributed by atoms with Crippen molar-refractivity contribution in [2.45, 2.75) is 52.6 Å². The topological polar surface area (TPSA) is 56.2 Å². The molecule has 1 atom stereocenters. The fourth-order valence-corrected chi connectivity index (χ4v) is 1.94. The van der Waals surface area contributed by atoms with Gasteiger partial charge in [-0.2, -0.15) is 0 Å². The van der Waals surface area contributed by atoms with Crippen LogP contribution in [0.15, 0.2) is 12.4 Å². The molecule has 1 heterocycles. The lowest BCUT2D eigenvalue weighted by molar-refractivity contribution is -0.146. The van der Waals surface area contributed by atoms with Crippen LogP contribution in [0.1, 0.15) is 39.4 Å². The molecule has 108 valence electrons. The molecule has 0 saturated carbocycles. The Morgan fingerprint density at radius 3 is 2.84 bits per heavy atom. The smallest absolute Gasteiger partial charge is 0.324 e. The number of nitrogens with zero attached hydrogens (tertiary/aromatic N) is 2. The summed E-state index contributed by atoms with van der Waals surface area (Å²) < 4.78 is 7.15. The second-order valence-corrected chi connectivity index (χ2v) is 4.50. The van der Waals surface area contributed by atoms with Crippen LogP contribution in [-0.4, -0.2) is 34.7 Å². The lowest BCUT2D eigenvalue weighted by atomic mass is 10.2. The van der Waals surface area contributed by atoms with E-state index in [0.29, 0.717) is 13.2 Å². The van der Waals surface area contributed by atoms with Crippen molar-refractivity contribution in [2.24, 2.45) is 0 Å². The third kappa shape index (κ3) is 5.03. The van der Waals surface area contributed by atoms with E-state index in [1.54, 1.807) is 6.20 Å². The van der Waals surface area contributed by atoms with Gasteiger partial charge in [-0.3, -0.25) is 4.79 Å². The van der Waals surface area contributed by atoms with Gasteiger partial charge >= 0.3 is 5.97 Å². The summed E-state index contributed by atoms with van der Waals surface area (Å²) >= 11 is 0. The summed E-state index contributed by atoms with van der Waals surface area (Å²) in [5, 5.41) is 3.24. The molecule has 5 heteroatoms. The van der Waals surface area contributed by atoms with Crippen molar-refractivity contribution in [2.75, 3.05) is 13.2 Å². The van der Waals surface area contributed by atoms with Crippen LogP contribution in [0.5, 0.6) is 0 Å². The first-order valence-corrected chi connectivity index (χ1v) is 7.12. The van der Waals surface area contributed by atoms with E-state index < -0.39 is 0 Å². The first kappa shape index (κ1) is 15.7. The van der Waals surface area contributed by atoms with E-state index >= 15 is 0 Å². The average Bonchev–Trinajstić information content (AvgIpc) is 2.82. The van der Waals surface area contributed by atoms with Crippen LogP contribution in [0.2, 0.25) is 0 Å². The van der Waals surface area contributed by atoms with Gasteiger partial charge in [-0.05, 0) is 26.3 Å². The lowest BCUT2D eigenvalue weighted by Crippen LogP contribution is -2.42. The molecule has 1 N–H and O–H groups in total. The Balaban J connectivity index is 2.69. The van der Waals surface area contributed by atoms with E-state index in [-0.39, 0.29) is 12.0 Å². The number of carbonyl (C=O) groups is 1. The molecule has 1 unspecified atom stereocenters. The molecule has 0 aliphatic carbocycles. The molecule has 19 heavy (non-hydrogen) atoms. The van der Waals surface area contributed by atoms with Crippen LogP contribution in [0, 0.1) is 0 Å². The molecule has 1 rings (SSSR count). The summed E-state index contributed by atoms with van der Waals surface area (Å²) in [6, 6.07) is -0.301. The molecule has 0 amide bonds. The summed E-state index contributed by atoms with van der Waals surface area (Å²) in [7, 11) is 0. The predicted molar refractivity (Wildman–Crippen MR) is 74.9 cm³/mol. The molecule has 0 bridgehead atoms. The Labute approximate surface area is 115 Å². The number of carbonyl (C=O) groups excluding carboxylic acids is 1. The number of hydrogen-bond acceptors (Lipinski definition) is 4. The number of rotatable bonds is 9.